The van der Waals surface area contributed by atoms with Gasteiger partial charge in [0.1, 0.15) is 17.8 Å². The summed E-state index contributed by atoms with van der Waals surface area (Å²) in [4.78, 5) is 29.8. The van der Waals surface area contributed by atoms with Gasteiger partial charge in [-0.15, -0.1) is 0 Å². The van der Waals surface area contributed by atoms with Crippen molar-refractivity contribution in [3.05, 3.63) is 64.7 Å². The van der Waals surface area contributed by atoms with Crippen molar-refractivity contribution in [1.29, 1.82) is 0 Å². The van der Waals surface area contributed by atoms with Crippen molar-refractivity contribution in [2.45, 2.75) is 13.5 Å². The van der Waals surface area contributed by atoms with E-state index in [2.05, 4.69) is 15.4 Å². The van der Waals surface area contributed by atoms with Crippen molar-refractivity contribution in [3.8, 4) is 5.75 Å². The smallest absolute Gasteiger partial charge is 0.277 e. The van der Waals surface area contributed by atoms with Crippen LogP contribution >= 0.6 is 0 Å². The SMILES string of the molecule is COc1ccc(NC(=O)Cn2c(=O)c3cc(C)nn3c3ncccc32)cc1. The monoisotopic (exact) mass is 363 g/mol. The van der Waals surface area contributed by atoms with Gasteiger partial charge in [0.25, 0.3) is 5.56 Å². The molecule has 0 spiro atoms. The normalized spacial score (nSPS) is 11.0. The van der Waals surface area contributed by atoms with Crippen LogP contribution in [0.2, 0.25) is 0 Å². The molecule has 1 aromatic carbocycles. The van der Waals surface area contributed by atoms with E-state index in [1.54, 1.807) is 55.8 Å². The molecule has 3 aromatic heterocycles. The largest absolute Gasteiger partial charge is 0.497 e. The highest BCUT2D eigenvalue weighted by molar-refractivity contribution is 5.91. The van der Waals surface area contributed by atoms with Crippen LogP contribution in [0, 0.1) is 6.92 Å². The summed E-state index contributed by atoms with van der Waals surface area (Å²) in [7, 11) is 1.58. The van der Waals surface area contributed by atoms with Gasteiger partial charge in [0.05, 0.1) is 18.3 Å². The van der Waals surface area contributed by atoms with Crippen molar-refractivity contribution in [1.82, 2.24) is 19.2 Å². The summed E-state index contributed by atoms with van der Waals surface area (Å²) in [5.41, 5.74) is 2.49. The Morgan fingerprint density at radius 2 is 1.96 bits per heavy atom. The van der Waals surface area contributed by atoms with Crippen LogP contribution < -0.4 is 15.6 Å². The number of aryl methyl sites for hydroxylation is 1. The first-order valence-corrected chi connectivity index (χ1v) is 8.34. The Morgan fingerprint density at radius 3 is 2.70 bits per heavy atom. The first kappa shape index (κ1) is 16.8. The minimum atomic E-state index is -0.312. The number of amides is 1. The topological polar surface area (TPSA) is 90.5 Å². The predicted octanol–water partition coefficient (Wildman–Crippen LogP) is 2.00. The molecule has 0 saturated carbocycles. The van der Waals surface area contributed by atoms with Gasteiger partial charge < -0.3 is 10.1 Å². The molecule has 0 aliphatic rings. The molecular formula is C19H17N5O3. The van der Waals surface area contributed by atoms with E-state index in [-0.39, 0.29) is 18.0 Å². The fourth-order valence-electron chi connectivity index (χ4n) is 3.00. The number of pyridine rings is 1. The maximum absolute atomic E-state index is 12.9. The summed E-state index contributed by atoms with van der Waals surface area (Å²) in [6.07, 6.45) is 1.63. The van der Waals surface area contributed by atoms with Gasteiger partial charge in [-0.05, 0) is 49.4 Å². The van der Waals surface area contributed by atoms with E-state index in [9.17, 15) is 9.59 Å². The Balaban J connectivity index is 1.72. The van der Waals surface area contributed by atoms with Crippen LogP contribution in [0.5, 0.6) is 5.75 Å². The van der Waals surface area contributed by atoms with Gasteiger partial charge in [-0.2, -0.15) is 5.10 Å². The lowest BCUT2D eigenvalue weighted by Crippen LogP contribution is -2.29. The van der Waals surface area contributed by atoms with Gasteiger partial charge >= 0.3 is 0 Å². The summed E-state index contributed by atoms with van der Waals surface area (Å²) >= 11 is 0. The molecule has 1 N–H and O–H groups in total. The van der Waals surface area contributed by atoms with Crippen LogP contribution in [-0.4, -0.2) is 32.2 Å². The lowest BCUT2D eigenvalue weighted by atomic mass is 10.3. The average molecular weight is 363 g/mol. The fourth-order valence-corrected chi connectivity index (χ4v) is 3.00. The van der Waals surface area contributed by atoms with E-state index in [0.717, 1.165) is 0 Å². The van der Waals surface area contributed by atoms with Gasteiger partial charge in [0, 0.05) is 11.9 Å². The summed E-state index contributed by atoms with van der Waals surface area (Å²) in [6, 6.07) is 12.1. The molecule has 0 aliphatic heterocycles. The Labute approximate surface area is 154 Å². The van der Waals surface area contributed by atoms with Gasteiger partial charge in [-0.25, -0.2) is 9.50 Å². The van der Waals surface area contributed by atoms with Crippen LogP contribution in [-0.2, 0) is 11.3 Å². The molecule has 0 saturated heterocycles. The Morgan fingerprint density at radius 1 is 1.19 bits per heavy atom. The van der Waals surface area contributed by atoms with E-state index in [4.69, 9.17) is 4.74 Å². The molecule has 3 heterocycles. The second-order valence-corrected chi connectivity index (χ2v) is 6.10. The number of nitrogens with one attached hydrogen (secondary N) is 1. The number of benzene rings is 1. The van der Waals surface area contributed by atoms with E-state index in [1.807, 2.05) is 6.92 Å². The maximum Gasteiger partial charge on any atom is 0.277 e. The fraction of sp³-hybridized carbons (Fsp3) is 0.158. The van der Waals surface area contributed by atoms with E-state index in [1.165, 1.54) is 9.08 Å². The number of aromatic nitrogens is 4. The maximum atomic E-state index is 12.9. The highest BCUT2D eigenvalue weighted by atomic mass is 16.5. The van der Waals surface area contributed by atoms with Crippen molar-refractivity contribution in [2.24, 2.45) is 0 Å². The summed E-state index contributed by atoms with van der Waals surface area (Å²) in [5.74, 6) is 0.385. The zero-order chi connectivity index (χ0) is 19.0. The number of hydrogen-bond donors (Lipinski definition) is 1. The number of ether oxygens (including phenoxy) is 1. The molecule has 0 fully saturated rings. The van der Waals surface area contributed by atoms with Gasteiger partial charge in [0.2, 0.25) is 5.91 Å². The minimum Gasteiger partial charge on any atom is -0.497 e. The lowest BCUT2D eigenvalue weighted by molar-refractivity contribution is -0.116. The summed E-state index contributed by atoms with van der Waals surface area (Å²) in [6.45, 7) is 1.68. The molecule has 4 rings (SSSR count). The molecule has 136 valence electrons. The van der Waals surface area contributed by atoms with Crippen LogP contribution in [0.15, 0.2) is 53.5 Å². The lowest BCUT2D eigenvalue weighted by Gasteiger charge is -2.11. The summed E-state index contributed by atoms with van der Waals surface area (Å²) < 4.78 is 8.04. The quantitative estimate of drug-likeness (QED) is 0.599. The molecule has 0 aliphatic carbocycles. The zero-order valence-corrected chi connectivity index (χ0v) is 14.8. The third-order valence-corrected chi connectivity index (χ3v) is 4.23. The molecular weight excluding hydrogens is 346 g/mol. The molecule has 4 aromatic rings. The van der Waals surface area contributed by atoms with Crippen LogP contribution in [0.25, 0.3) is 16.7 Å². The molecule has 27 heavy (non-hydrogen) atoms. The van der Waals surface area contributed by atoms with Crippen molar-refractivity contribution in [2.75, 3.05) is 12.4 Å². The highest BCUT2D eigenvalue weighted by Crippen LogP contribution is 2.16. The number of hydrogen-bond acceptors (Lipinski definition) is 5. The first-order chi connectivity index (χ1) is 13.1. The first-order valence-electron chi connectivity index (χ1n) is 8.34. The number of carbonyl (C=O) groups excluding carboxylic acids is 1. The molecule has 0 bridgehead atoms. The predicted molar refractivity (Wildman–Crippen MR) is 101 cm³/mol. The van der Waals surface area contributed by atoms with Crippen molar-refractivity contribution < 1.29 is 9.53 Å². The second-order valence-electron chi connectivity index (χ2n) is 6.10. The zero-order valence-electron chi connectivity index (χ0n) is 14.8. The van der Waals surface area contributed by atoms with E-state index >= 15 is 0 Å². The van der Waals surface area contributed by atoms with Gasteiger partial charge in [0.15, 0.2) is 5.65 Å². The number of rotatable bonds is 4. The molecule has 0 radical (unpaired) electrons. The molecule has 0 unspecified atom stereocenters. The molecule has 0 atom stereocenters. The Kier molecular flexibility index (Phi) is 4.08. The molecule has 8 heteroatoms. The highest BCUT2D eigenvalue weighted by Gasteiger charge is 2.15. The molecule has 1 amide bonds. The third-order valence-electron chi connectivity index (χ3n) is 4.23. The van der Waals surface area contributed by atoms with Gasteiger partial charge in [-0.1, -0.05) is 0 Å². The Bertz CT molecular complexity index is 1210. The van der Waals surface area contributed by atoms with Crippen LogP contribution in [0.1, 0.15) is 5.69 Å². The average Bonchev–Trinajstić information content (AvgIpc) is 3.08. The number of fused-ring (bicyclic) bond motifs is 3. The van der Waals surface area contributed by atoms with Crippen molar-refractivity contribution >= 4 is 28.3 Å². The Hall–Kier alpha value is -3.68. The summed E-state index contributed by atoms with van der Waals surface area (Å²) in [5, 5.41) is 7.12. The standard InChI is InChI=1S/C19H17N5O3/c1-12-10-16-19(26)23(15-4-3-9-20-18(15)24(16)22-12)11-17(25)21-13-5-7-14(27-2)8-6-13/h3-10H,11H2,1-2H3,(H,21,25). The second kappa shape index (κ2) is 6.56. The van der Waals surface area contributed by atoms with Crippen molar-refractivity contribution in [3.63, 3.8) is 0 Å². The van der Waals surface area contributed by atoms with Crippen LogP contribution in [0.4, 0.5) is 5.69 Å². The molecule has 8 nitrogen and oxygen atoms in total. The number of methoxy groups -OCH3 is 1. The number of carbonyl (C=O) groups is 1. The van der Waals surface area contributed by atoms with E-state index < -0.39 is 0 Å². The van der Waals surface area contributed by atoms with Gasteiger partial charge in [-0.3, -0.25) is 14.2 Å². The number of anilines is 1. The van der Waals surface area contributed by atoms with Crippen LogP contribution in [0.3, 0.4) is 0 Å². The third kappa shape index (κ3) is 3.01. The van der Waals surface area contributed by atoms with E-state index in [0.29, 0.717) is 33.8 Å². The minimum absolute atomic E-state index is 0.131. The number of nitrogens with zero attached hydrogens (tertiary/aromatic N) is 4.